The van der Waals surface area contributed by atoms with E-state index in [0.717, 1.165) is 4.47 Å². The highest BCUT2D eigenvalue weighted by Gasteiger charge is 2.11. The minimum atomic E-state index is -0.505. The van der Waals surface area contributed by atoms with Crippen LogP contribution >= 0.6 is 27.3 Å². The van der Waals surface area contributed by atoms with E-state index in [2.05, 4.69) is 34.2 Å². The molecule has 114 valence electrons. The number of aliphatic hydroxyl groups is 1. The molecule has 2 aromatic rings. The van der Waals surface area contributed by atoms with Crippen LogP contribution in [0, 0.1) is 0 Å². The lowest BCUT2D eigenvalue weighted by Crippen LogP contribution is -2.32. The van der Waals surface area contributed by atoms with Gasteiger partial charge in [-0.05, 0) is 30.0 Å². The second-order valence-electron chi connectivity index (χ2n) is 4.90. The quantitative estimate of drug-likeness (QED) is 0.744. The van der Waals surface area contributed by atoms with Gasteiger partial charge < -0.3 is 15.2 Å². The second kappa shape index (κ2) is 8.66. The van der Waals surface area contributed by atoms with Crippen molar-refractivity contribution in [2.45, 2.75) is 25.7 Å². The molecule has 0 aliphatic carbocycles. The van der Waals surface area contributed by atoms with E-state index in [1.54, 1.807) is 11.3 Å². The Morgan fingerprint density at radius 3 is 2.81 bits per heavy atom. The second-order valence-corrected chi connectivity index (χ2v) is 6.79. The van der Waals surface area contributed by atoms with Gasteiger partial charge in [-0.1, -0.05) is 40.2 Å². The Morgan fingerprint density at radius 1 is 1.29 bits per heavy atom. The van der Waals surface area contributed by atoms with E-state index in [1.807, 2.05) is 35.7 Å². The zero-order valence-corrected chi connectivity index (χ0v) is 14.4. The summed E-state index contributed by atoms with van der Waals surface area (Å²) in [5.41, 5.74) is 1.18. The van der Waals surface area contributed by atoms with Crippen LogP contribution in [0.2, 0.25) is 0 Å². The fraction of sp³-hybridized carbons (Fsp3) is 0.375. The number of benzene rings is 1. The van der Waals surface area contributed by atoms with Gasteiger partial charge in [0.2, 0.25) is 0 Å². The van der Waals surface area contributed by atoms with Gasteiger partial charge in [0.25, 0.3) is 0 Å². The molecule has 1 unspecified atom stereocenters. The number of halogens is 1. The maximum absolute atomic E-state index is 9.95. The first-order valence-electron chi connectivity index (χ1n) is 6.93. The molecule has 0 radical (unpaired) electrons. The summed E-state index contributed by atoms with van der Waals surface area (Å²) < 4.78 is 6.59. The van der Waals surface area contributed by atoms with Crippen molar-refractivity contribution in [1.29, 1.82) is 0 Å². The molecule has 0 aliphatic heterocycles. The minimum absolute atomic E-state index is 0.174. The smallest absolute Gasteiger partial charge is 0.0898 e. The lowest BCUT2D eigenvalue weighted by molar-refractivity contribution is 0.0288. The molecule has 0 fully saturated rings. The van der Waals surface area contributed by atoms with E-state index >= 15 is 0 Å². The van der Waals surface area contributed by atoms with Crippen molar-refractivity contribution in [3.8, 4) is 0 Å². The first-order chi connectivity index (χ1) is 10.2. The lowest BCUT2D eigenvalue weighted by atomic mass is 10.1. The maximum atomic E-state index is 9.95. The molecule has 21 heavy (non-hydrogen) atoms. The Morgan fingerprint density at radius 2 is 2.10 bits per heavy atom. The van der Waals surface area contributed by atoms with Gasteiger partial charge in [0, 0.05) is 21.9 Å². The van der Waals surface area contributed by atoms with Crippen LogP contribution in [0.5, 0.6) is 0 Å². The van der Waals surface area contributed by atoms with Crippen molar-refractivity contribution in [1.82, 2.24) is 5.32 Å². The van der Waals surface area contributed by atoms with Crippen LogP contribution < -0.4 is 5.32 Å². The van der Waals surface area contributed by atoms with E-state index < -0.39 is 6.10 Å². The van der Waals surface area contributed by atoms with Crippen LogP contribution in [-0.4, -0.2) is 24.4 Å². The van der Waals surface area contributed by atoms with Crippen LogP contribution in [0.1, 0.15) is 23.4 Å². The van der Waals surface area contributed by atoms with Gasteiger partial charge in [-0.15, -0.1) is 11.3 Å². The van der Waals surface area contributed by atoms with Crippen LogP contribution in [-0.2, 0) is 11.3 Å². The van der Waals surface area contributed by atoms with Gasteiger partial charge in [-0.25, -0.2) is 0 Å². The fourth-order valence-electron chi connectivity index (χ4n) is 2.00. The highest BCUT2D eigenvalue weighted by atomic mass is 79.9. The number of ether oxygens (including phenoxy) is 1. The Labute approximate surface area is 138 Å². The summed E-state index contributed by atoms with van der Waals surface area (Å²) >= 11 is 5.21. The summed E-state index contributed by atoms with van der Waals surface area (Å²) in [6, 6.07) is 12.3. The summed E-state index contributed by atoms with van der Waals surface area (Å²) in [7, 11) is 0. The van der Waals surface area contributed by atoms with Crippen molar-refractivity contribution < 1.29 is 9.84 Å². The van der Waals surface area contributed by atoms with Crippen LogP contribution in [0.25, 0.3) is 0 Å². The molecular formula is C16H20BrNO2S. The molecule has 2 atom stereocenters. The van der Waals surface area contributed by atoms with Crippen LogP contribution in [0.3, 0.4) is 0 Å². The third-order valence-electron chi connectivity index (χ3n) is 3.17. The number of aliphatic hydroxyl groups excluding tert-OH is 1. The lowest BCUT2D eigenvalue weighted by Gasteiger charge is -2.18. The SMILES string of the molecule is C[C@@H](NCC(O)COCc1cccs1)c1ccccc1Br. The summed E-state index contributed by atoms with van der Waals surface area (Å²) in [4.78, 5) is 1.18. The predicted molar refractivity (Wildman–Crippen MR) is 90.5 cm³/mol. The average molecular weight is 370 g/mol. The van der Waals surface area contributed by atoms with Gasteiger partial charge in [-0.2, -0.15) is 0 Å². The van der Waals surface area contributed by atoms with Crippen molar-refractivity contribution >= 4 is 27.3 Å². The maximum Gasteiger partial charge on any atom is 0.0898 e. The number of rotatable bonds is 8. The van der Waals surface area contributed by atoms with Gasteiger partial charge in [0.1, 0.15) is 0 Å². The minimum Gasteiger partial charge on any atom is -0.389 e. The number of thiophene rings is 1. The fourth-order valence-corrected chi connectivity index (χ4v) is 3.27. The van der Waals surface area contributed by atoms with Crippen LogP contribution in [0.15, 0.2) is 46.3 Å². The van der Waals surface area contributed by atoms with E-state index in [-0.39, 0.29) is 6.04 Å². The standard InChI is InChI=1S/C16H20BrNO2S/c1-12(15-6-2-3-7-16(15)17)18-9-13(19)10-20-11-14-5-4-8-21-14/h2-8,12-13,18-19H,9-11H2,1H3/t12-,13?/m1/s1. The van der Waals surface area contributed by atoms with Gasteiger partial charge in [0.15, 0.2) is 0 Å². The monoisotopic (exact) mass is 369 g/mol. The van der Waals surface area contributed by atoms with E-state index in [4.69, 9.17) is 4.74 Å². The van der Waals surface area contributed by atoms with Crippen molar-refractivity contribution in [3.63, 3.8) is 0 Å². The first kappa shape index (κ1) is 16.6. The Kier molecular flexibility index (Phi) is 6.86. The Hall–Kier alpha value is -0.720. The van der Waals surface area contributed by atoms with Gasteiger partial charge >= 0.3 is 0 Å². The molecule has 0 bridgehead atoms. The van der Waals surface area contributed by atoms with Crippen molar-refractivity contribution in [3.05, 3.63) is 56.7 Å². The Bertz CT molecular complexity index is 533. The molecule has 3 nitrogen and oxygen atoms in total. The number of hydrogen-bond donors (Lipinski definition) is 2. The van der Waals surface area contributed by atoms with E-state index in [0.29, 0.717) is 19.8 Å². The molecule has 0 aliphatic rings. The third-order valence-corrected chi connectivity index (χ3v) is 4.74. The molecule has 0 saturated heterocycles. The molecule has 0 spiro atoms. The topological polar surface area (TPSA) is 41.5 Å². The van der Waals surface area contributed by atoms with Crippen LogP contribution in [0.4, 0.5) is 0 Å². The zero-order chi connectivity index (χ0) is 15.1. The average Bonchev–Trinajstić information content (AvgIpc) is 2.98. The molecule has 1 aromatic heterocycles. The summed E-state index contributed by atoms with van der Waals surface area (Å²) in [6.07, 6.45) is -0.505. The van der Waals surface area contributed by atoms with Crippen molar-refractivity contribution in [2.24, 2.45) is 0 Å². The predicted octanol–water partition coefficient (Wildman–Crippen LogP) is 3.74. The van der Waals surface area contributed by atoms with Gasteiger partial charge in [-0.3, -0.25) is 0 Å². The molecule has 0 amide bonds. The Balaban J connectivity index is 1.68. The molecule has 0 saturated carbocycles. The van der Waals surface area contributed by atoms with E-state index in [1.165, 1.54) is 10.4 Å². The third kappa shape index (κ3) is 5.52. The largest absolute Gasteiger partial charge is 0.389 e. The first-order valence-corrected chi connectivity index (χ1v) is 8.60. The zero-order valence-electron chi connectivity index (χ0n) is 12.0. The molecule has 2 N–H and O–H groups in total. The summed E-state index contributed by atoms with van der Waals surface area (Å²) in [6.45, 7) is 3.49. The molecule has 5 heteroatoms. The van der Waals surface area contributed by atoms with E-state index in [9.17, 15) is 5.11 Å². The molecular weight excluding hydrogens is 350 g/mol. The number of nitrogens with one attached hydrogen (secondary N) is 1. The normalized spacial score (nSPS) is 14.0. The summed E-state index contributed by atoms with van der Waals surface area (Å²) in [5, 5.41) is 15.3. The molecule has 1 aromatic carbocycles. The number of hydrogen-bond acceptors (Lipinski definition) is 4. The molecule has 1 heterocycles. The van der Waals surface area contributed by atoms with Gasteiger partial charge in [0.05, 0.1) is 19.3 Å². The highest BCUT2D eigenvalue weighted by Crippen LogP contribution is 2.22. The summed E-state index contributed by atoms with van der Waals surface area (Å²) in [5.74, 6) is 0. The van der Waals surface area contributed by atoms with Crippen molar-refractivity contribution in [2.75, 3.05) is 13.2 Å². The molecule has 2 rings (SSSR count). The highest BCUT2D eigenvalue weighted by molar-refractivity contribution is 9.10.